The van der Waals surface area contributed by atoms with Crippen LogP contribution in [0.1, 0.15) is 30.1 Å². The first-order valence-electron chi connectivity index (χ1n) is 6.73. The summed E-state index contributed by atoms with van der Waals surface area (Å²) in [5.41, 5.74) is 3.41. The van der Waals surface area contributed by atoms with Crippen molar-refractivity contribution in [1.82, 2.24) is 15.0 Å². The van der Waals surface area contributed by atoms with Crippen LogP contribution in [0, 0.1) is 0 Å². The van der Waals surface area contributed by atoms with Crippen LogP contribution >= 0.6 is 0 Å². The molecule has 2 aromatic rings. The molecule has 1 aromatic carbocycles. The van der Waals surface area contributed by atoms with Crippen molar-refractivity contribution in [3.05, 3.63) is 41.7 Å². The van der Waals surface area contributed by atoms with E-state index in [-0.39, 0.29) is 12.6 Å². The summed E-state index contributed by atoms with van der Waals surface area (Å²) in [7, 11) is 0. The summed E-state index contributed by atoms with van der Waals surface area (Å²) in [6, 6.07) is 8.60. The number of para-hydroxylation sites is 1. The van der Waals surface area contributed by atoms with Crippen molar-refractivity contribution in [1.29, 1.82) is 0 Å². The molecule has 100 valence electrons. The van der Waals surface area contributed by atoms with Crippen LogP contribution in [-0.4, -0.2) is 33.3 Å². The van der Waals surface area contributed by atoms with E-state index in [1.54, 1.807) is 0 Å². The number of anilines is 1. The molecule has 0 amide bonds. The van der Waals surface area contributed by atoms with Crippen molar-refractivity contribution in [2.45, 2.75) is 25.3 Å². The molecule has 2 N–H and O–H groups in total. The summed E-state index contributed by atoms with van der Waals surface area (Å²) in [5.74, 6) is 0. The van der Waals surface area contributed by atoms with Crippen molar-refractivity contribution in [2.24, 2.45) is 0 Å². The van der Waals surface area contributed by atoms with Gasteiger partial charge in [-0.3, -0.25) is 0 Å². The van der Waals surface area contributed by atoms with Gasteiger partial charge in [0.15, 0.2) is 0 Å². The number of aryl methyl sites for hydroxylation is 1. The number of benzene rings is 1. The number of hydrogen-bond donors (Lipinski definition) is 2. The van der Waals surface area contributed by atoms with E-state index < -0.39 is 0 Å². The number of nitrogens with zero attached hydrogens (tertiary/aromatic N) is 3. The zero-order chi connectivity index (χ0) is 13.1. The topological polar surface area (TPSA) is 63.0 Å². The first-order chi connectivity index (χ1) is 9.38. The molecule has 0 saturated heterocycles. The maximum Gasteiger partial charge on any atom is 0.0828 e. The zero-order valence-corrected chi connectivity index (χ0v) is 10.8. The van der Waals surface area contributed by atoms with E-state index >= 15 is 0 Å². The van der Waals surface area contributed by atoms with Crippen molar-refractivity contribution in [3.8, 4) is 0 Å². The highest BCUT2D eigenvalue weighted by molar-refractivity contribution is 5.54. The Hall–Kier alpha value is -1.88. The molecule has 3 rings (SSSR count). The van der Waals surface area contributed by atoms with Gasteiger partial charge in [-0.1, -0.05) is 23.4 Å². The molecular weight excluding hydrogens is 240 g/mol. The van der Waals surface area contributed by atoms with Crippen molar-refractivity contribution in [3.63, 3.8) is 0 Å². The van der Waals surface area contributed by atoms with E-state index in [0.717, 1.165) is 31.5 Å². The Balaban J connectivity index is 1.85. The van der Waals surface area contributed by atoms with E-state index in [1.165, 1.54) is 11.3 Å². The smallest absolute Gasteiger partial charge is 0.0828 e. The molecule has 19 heavy (non-hydrogen) atoms. The molecule has 0 bridgehead atoms. The van der Waals surface area contributed by atoms with Crippen molar-refractivity contribution >= 4 is 5.69 Å². The van der Waals surface area contributed by atoms with E-state index in [9.17, 15) is 0 Å². The molecule has 0 aliphatic carbocycles. The first-order valence-corrected chi connectivity index (χ1v) is 6.73. The minimum absolute atomic E-state index is 0.197. The Labute approximate surface area is 112 Å². The molecule has 2 heterocycles. The Kier molecular flexibility index (Phi) is 3.46. The summed E-state index contributed by atoms with van der Waals surface area (Å²) in [6.07, 6.45) is 4.53. The van der Waals surface area contributed by atoms with Gasteiger partial charge in [0.05, 0.1) is 11.7 Å². The van der Waals surface area contributed by atoms with Gasteiger partial charge in [0.1, 0.15) is 0 Å². The summed E-state index contributed by atoms with van der Waals surface area (Å²) in [4.78, 5) is 0. The number of rotatable bonds is 4. The number of nitrogens with one attached hydrogen (secondary N) is 1. The van der Waals surface area contributed by atoms with Gasteiger partial charge in [-0.2, -0.15) is 0 Å². The van der Waals surface area contributed by atoms with Gasteiger partial charge in [-0.25, -0.2) is 4.68 Å². The predicted octanol–water partition coefficient (Wildman–Crippen LogP) is 1.61. The van der Waals surface area contributed by atoms with Gasteiger partial charge in [-0.05, 0) is 30.9 Å². The fourth-order valence-corrected chi connectivity index (χ4v) is 2.56. The minimum Gasteiger partial charge on any atom is -0.396 e. The minimum atomic E-state index is 0.197. The summed E-state index contributed by atoms with van der Waals surface area (Å²) in [5, 5.41) is 20.7. The average molecular weight is 258 g/mol. The highest BCUT2D eigenvalue weighted by Gasteiger charge is 2.22. The maximum atomic E-state index is 8.85. The van der Waals surface area contributed by atoms with Crippen LogP contribution < -0.4 is 5.32 Å². The lowest BCUT2D eigenvalue weighted by Gasteiger charge is -2.26. The maximum absolute atomic E-state index is 8.85. The molecular formula is C14H18N4O. The molecule has 1 aliphatic heterocycles. The van der Waals surface area contributed by atoms with E-state index in [4.69, 9.17) is 5.11 Å². The van der Waals surface area contributed by atoms with Crippen LogP contribution in [0.25, 0.3) is 0 Å². The Bertz CT molecular complexity index is 552. The second kappa shape index (κ2) is 5.40. The van der Waals surface area contributed by atoms with E-state index in [2.05, 4.69) is 33.8 Å². The first kappa shape index (κ1) is 12.2. The molecule has 0 saturated carbocycles. The van der Waals surface area contributed by atoms with Crippen molar-refractivity contribution in [2.75, 3.05) is 18.5 Å². The lowest BCUT2D eigenvalue weighted by molar-refractivity contribution is 0.288. The van der Waals surface area contributed by atoms with Gasteiger partial charge < -0.3 is 10.4 Å². The van der Waals surface area contributed by atoms with Crippen LogP contribution in [0.5, 0.6) is 0 Å². The molecule has 0 radical (unpaired) electrons. The van der Waals surface area contributed by atoms with Crippen LogP contribution in [0.15, 0.2) is 30.5 Å². The van der Waals surface area contributed by atoms with E-state index in [1.807, 2.05) is 16.9 Å². The lowest BCUT2D eigenvalue weighted by Crippen LogP contribution is -2.22. The number of aliphatic hydroxyl groups excluding tert-OH is 1. The molecule has 0 fully saturated rings. The third kappa shape index (κ3) is 2.46. The van der Waals surface area contributed by atoms with Gasteiger partial charge >= 0.3 is 0 Å². The average Bonchev–Trinajstić information content (AvgIpc) is 2.93. The summed E-state index contributed by atoms with van der Waals surface area (Å²) >= 11 is 0. The van der Waals surface area contributed by atoms with Crippen LogP contribution in [0.4, 0.5) is 5.69 Å². The quantitative estimate of drug-likeness (QED) is 0.874. The summed E-state index contributed by atoms with van der Waals surface area (Å²) in [6.45, 7) is 1.15. The third-order valence-corrected chi connectivity index (χ3v) is 3.52. The monoisotopic (exact) mass is 258 g/mol. The van der Waals surface area contributed by atoms with E-state index in [0.29, 0.717) is 0 Å². The number of fused-ring (bicyclic) bond motifs is 1. The van der Waals surface area contributed by atoms with Gasteiger partial charge in [-0.15, -0.1) is 5.10 Å². The van der Waals surface area contributed by atoms with Gasteiger partial charge in [0.2, 0.25) is 0 Å². The largest absolute Gasteiger partial charge is 0.396 e. The second-order valence-corrected chi connectivity index (χ2v) is 4.84. The Morgan fingerprint density at radius 2 is 2.26 bits per heavy atom. The molecule has 5 heteroatoms. The molecule has 1 unspecified atom stereocenters. The predicted molar refractivity (Wildman–Crippen MR) is 73.1 cm³/mol. The third-order valence-electron chi connectivity index (χ3n) is 3.52. The number of aliphatic hydroxyl groups is 1. The van der Waals surface area contributed by atoms with Gasteiger partial charge in [0, 0.05) is 25.0 Å². The Morgan fingerprint density at radius 1 is 1.37 bits per heavy atom. The molecule has 1 atom stereocenters. The highest BCUT2D eigenvalue weighted by atomic mass is 16.2. The number of aromatic nitrogens is 3. The second-order valence-electron chi connectivity index (χ2n) is 4.84. The van der Waals surface area contributed by atoms with Crippen molar-refractivity contribution < 1.29 is 5.11 Å². The SMILES string of the molecule is OCCCc1cn(C2CCNc3ccccc32)nn1. The van der Waals surface area contributed by atoms with Crippen LogP contribution in [0.3, 0.4) is 0 Å². The zero-order valence-electron chi connectivity index (χ0n) is 10.8. The van der Waals surface area contributed by atoms with Gasteiger partial charge in [0.25, 0.3) is 0 Å². The lowest BCUT2D eigenvalue weighted by atomic mass is 9.98. The fraction of sp³-hybridized carbons (Fsp3) is 0.429. The molecule has 0 spiro atoms. The molecule has 1 aliphatic rings. The normalized spacial score (nSPS) is 17.8. The number of hydrogen-bond acceptors (Lipinski definition) is 4. The van der Waals surface area contributed by atoms with Crippen LogP contribution in [-0.2, 0) is 6.42 Å². The molecule has 5 nitrogen and oxygen atoms in total. The van der Waals surface area contributed by atoms with Crippen LogP contribution in [0.2, 0.25) is 0 Å². The fourth-order valence-electron chi connectivity index (χ4n) is 2.56. The standard InChI is InChI=1S/C14H18N4O/c19-9-3-4-11-10-18(17-16-11)14-7-8-15-13-6-2-1-5-12(13)14/h1-2,5-6,10,14-15,19H,3-4,7-9H2. The summed E-state index contributed by atoms with van der Waals surface area (Å²) < 4.78 is 1.95. The molecule has 1 aromatic heterocycles. The highest BCUT2D eigenvalue weighted by Crippen LogP contribution is 2.31. The Morgan fingerprint density at radius 3 is 3.16 bits per heavy atom.